The summed E-state index contributed by atoms with van der Waals surface area (Å²) < 4.78 is 11.1. The van der Waals surface area contributed by atoms with Gasteiger partial charge in [0, 0.05) is 26.2 Å². The molecule has 1 aliphatic heterocycles. The zero-order chi connectivity index (χ0) is 19.9. The number of piperazine rings is 1. The Morgan fingerprint density at radius 3 is 1.96 bits per heavy atom. The largest absolute Gasteiger partial charge is 0.508 e. The molecule has 1 aliphatic rings. The van der Waals surface area contributed by atoms with Crippen molar-refractivity contribution in [3.8, 4) is 17.2 Å². The first kappa shape index (κ1) is 19.5. The Labute approximate surface area is 164 Å². The van der Waals surface area contributed by atoms with Crippen LogP contribution in [0.2, 0.25) is 0 Å². The number of aryl methyl sites for hydroxylation is 1. The molecule has 0 aromatic heterocycles. The van der Waals surface area contributed by atoms with E-state index in [2.05, 4.69) is 0 Å². The number of phenols is 1. The first-order valence-electron chi connectivity index (χ1n) is 9.19. The van der Waals surface area contributed by atoms with Gasteiger partial charge >= 0.3 is 0 Å². The minimum Gasteiger partial charge on any atom is -0.508 e. The van der Waals surface area contributed by atoms with Crippen molar-refractivity contribution in [1.29, 1.82) is 0 Å². The molecule has 7 nitrogen and oxygen atoms in total. The Morgan fingerprint density at radius 1 is 0.857 bits per heavy atom. The van der Waals surface area contributed by atoms with Gasteiger partial charge in [-0.15, -0.1) is 0 Å². The summed E-state index contributed by atoms with van der Waals surface area (Å²) in [6, 6.07) is 13.8. The van der Waals surface area contributed by atoms with Crippen LogP contribution < -0.4 is 9.47 Å². The van der Waals surface area contributed by atoms with Crippen LogP contribution in [-0.2, 0) is 9.59 Å². The van der Waals surface area contributed by atoms with Crippen molar-refractivity contribution in [2.45, 2.75) is 6.92 Å². The number of ether oxygens (including phenoxy) is 2. The fourth-order valence-corrected chi connectivity index (χ4v) is 2.93. The van der Waals surface area contributed by atoms with Crippen LogP contribution in [0.5, 0.6) is 17.2 Å². The minimum absolute atomic E-state index is 0.0111. The minimum atomic E-state index is -0.128. The Kier molecular flexibility index (Phi) is 6.37. The smallest absolute Gasteiger partial charge is 0.260 e. The standard InChI is InChI=1S/C21H24N2O5/c1-16-4-2-3-5-19(16)28-15-21(26)23-12-10-22(11-13-23)20(25)14-27-18-8-6-17(24)7-9-18/h2-9,24H,10-15H2,1H3. The molecule has 1 fully saturated rings. The summed E-state index contributed by atoms with van der Waals surface area (Å²) in [4.78, 5) is 28.0. The van der Waals surface area contributed by atoms with Crippen LogP contribution in [0.15, 0.2) is 48.5 Å². The average Bonchev–Trinajstić information content (AvgIpc) is 2.72. The lowest BCUT2D eigenvalue weighted by Gasteiger charge is -2.34. The van der Waals surface area contributed by atoms with Gasteiger partial charge in [0.25, 0.3) is 11.8 Å². The van der Waals surface area contributed by atoms with Gasteiger partial charge in [0.15, 0.2) is 13.2 Å². The SMILES string of the molecule is Cc1ccccc1OCC(=O)N1CCN(C(=O)COc2ccc(O)cc2)CC1. The molecule has 0 aliphatic carbocycles. The van der Waals surface area contributed by atoms with E-state index in [4.69, 9.17) is 9.47 Å². The number of phenolic OH excluding ortho intramolecular Hbond substituents is 1. The summed E-state index contributed by atoms with van der Waals surface area (Å²) in [7, 11) is 0. The van der Waals surface area contributed by atoms with E-state index in [1.165, 1.54) is 12.1 Å². The zero-order valence-corrected chi connectivity index (χ0v) is 15.8. The number of hydrogen-bond acceptors (Lipinski definition) is 5. The molecule has 2 aromatic carbocycles. The fraction of sp³-hybridized carbons (Fsp3) is 0.333. The monoisotopic (exact) mass is 384 g/mol. The molecule has 1 N–H and O–H groups in total. The highest BCUT2D eigenvalue weighted by atomic mass is 16.5. The van der Waals surface area contributed by atoms with Crippen molar-refractivity contribution in [3.63, 3.8) is 0 Å². The van der Waals surface area contributed by atoms with Gasteiger partial charge in [-0.3, -0.25) is 9.59 Å². The summed E-state index contributed by atoms with van der Waals surface area (Å²) in [6.07, 6.45) is 0. The third-order valence-corrected chi connectivity index (χ3v) is 4.63. The number of benzene rings is 2. The third kappa shape index (κ3) is 5.16. The van der Waals surface area contributed by atoms with Gasteiger partial charge in [-0.2, -0.15) is 0 Å². The lowest BCUT2D eigenvalue weighted by Crippen LogP contribution is -2.52. The van der Waals surface area contributed by atoms with Gasteiger partial charge in [-0.05, 0) is 42.8 Å². The van der Waals surface area contributed by atoms with Crippen molar-refractivity contribution >= 4 is 11.8 Å². The van der Waals surface area contributed by atoms with Crippen LogP contribution in [0.25, 0.3) is 0 Å². The molecule has 0 atom stereocenters. The maximum atomic E-state index is 12.3. The number of rotatable bonds is 6. The topological polar surface area (TPSA) is 79.3 Å². The number of nitrogens with zero attached hydrogens (tertiary/aromatic N) is 2. The molecule has 0 unspecified atom stereocenters. The number of hydrogen-bond donors (Lipinski definition) is 1. The van der Waals surface area contributed by atoms with E-state index in [9.17, 15) is 14.7 Å². The van der Waals surface area contributed by atoms with Gasteiger partial charge in [-0.25, -0.2) is 0 Å². The van der Waals surface area contributed by atoms with Crippen molar-refractivity contribution in [2.75, 3.05) is 39.4 Å². The predicted octanol–water partition coefficient (Wildman–Crippen LogP) is 1.83. The number of carbonyl (C=O) groups excluding carboxylic acids is 2. The summed E-state index contributed by atoms with van der Waals surface area (Å²) in [5.41, 5.74) is 0.986. The Morgan fingerprint density at radius 2 is 1.39 bits per heavy atom. The predicted molar refractivity (Wildman–Crippen MR) is 103 cm³/mol. The first-order chi connectivity index (χ1) is 13.5. The summed E-state index contributed by atoms with van der Waals surface area (Å²) >= 11 is 0. The summed E-state index contributed by atoms with van der Waals surface area (Å²) in [5, 5.41) is 9.25. The van der Waals surface area contributed by atoms with Crippen LogP contribution in [0, 0.1) is 6.92 Å². The highest BCUT2D eigenvalue weighted by molar-refractivity contribution is 5.80. The average molecular weight is 384 g/mol. The Balaban J connectivity index is 1.40. The van der Waals surface area contributed by atoms with Crippen molar-refractivity contribution in [3.05, 3.63) is 54.1 Å². The van der Waals surface area contributed by atoms with E-state index in [0.717, 1.165) is 5.56 Å². The number of amides is 2. The van der Waals surface area contributed by atoms with E-state index in [0.29, 0.717) is 37.7 Å². The van der Waals surface area contributed by atoms with Crippen LogP contribution in [0.4, 0.5) is 0 Å². The van der Waals surface area contributed by atoms with Crippen molar-refractivity contribution in [1.82, 2.24) is 9.80 Å². The van der Waals surface area contributed by atoms with Gasteiger partial charge in [-0.1, -0.05) is 18.2 Å². The Hall–Kier alpha value is -3.22. The maximum Gasteiger partial charge on any atom is 0.260 e. The molecule has 3 rings (SSSR count). The molecular weight excluding hydrogens is 360 g/mol. The normalized spacial score (nSPS) is 13.9. The third-order valence-electron chi connectivity index (χ3n) is 4.63. The molecular formula is C21H24N2O5. The van der Waals surface area contributed by atoms with E-state index in [1.54, 1.807) is 21.9 Å². The highest BCUT2D eigenvalue weighted by Crippen LogP contribution is 2.17. The van der Waals surface area contributed by atoms with Gasteiger partial charge in [0.2, 0.25) is 0 Å². The summed E-state index contributed by atoms with van der Waals surface area (Å²) in [6.45, 7) is 3.73. The van der Waals surface area contributed by atoms with E-state index >= 15 is 0 Å². The fourth-order valence-electron chi connectivity index (χ4n) is 2.93. The molecule has 1 heterocycles. The molecule has 1 saturated heterocycles. The van der Waals surface area contributed by atoms with Crippen molar-refractivity contribution in [2.24, 2.45) is 0 Å². The molecule has 2 aromatic rings. The number of aromatic hydroxyl groups is 1. The molecule has 148 valence electrons. The van der Waals surface area contributed by atoms with E-state index < -0.39 is 0 Å². The molecule has 0 bridgehead atoms. The lowest BCUT2D eigenvalue weighted by molar-refractivity contribution is -0.141. The maximum absolute atomic E-state index is 12.3. The molecule has 28 heavy (non-hydrogen) atoms. The van der Waals surface area contributed by atoms with Crippen LogP contribution >= 0.6 is 0 Å². The second-order valence-electron chi connectivity index (χ2n) is 6.60. The molecule has 0 radical (unpaired) electrons. The van der Waals surface area contributed by atoms with Crippen LogP contribution in [0.1, 0.15) is 5.56 Å². The quantitative estimate of drug-likeness (QED) is 0.822. The van der Waals surface area contributed by atoms with E-state index in [-0.39, 0.29) is 30.8 Å². The van der Waals surface area contributed by atoms with Gasteiger partial charge < -0.3 is 24.4 Å². The second kappa shape index (κ2) is 9.12. The van der Waals surface area contributed by atoms with Gasteiger partial charge in [0.1, 0.15) is 17.2 Å². The van der Waals surface area contributed by atoms with E-state index in [1.807, 2.05) is 31.2 Å². The lowest BCUT2D eigenvalue weighted by atomic mass is 10.2. The molecule has 0 saturated carbocycles. The van der Waals surface area contributed by atoms with Gasteiger partial charge in [0.05, 0.1) is 0 Å². The van der Waals surface area contributed by atoms with Crippen LogP contribution in [0.3, 0.4) is 0 Å². The second-order valence-corrected chi connectivity index (χ2v) is 6.60. The Bertz CT molecular complexity index is 814. The zero-order valence-electron chi connectivity index (χ0n) is 15.8. The molecule has 7 heteroatoms. The van der Waals surface area contributed by atoms with Crippen molar-refractivity contribution < 1.29 is 24.2 Å². The number of para-hydroxylation sites is 1. The summed E-state index contributed by atoms with van der Waals surface area (Å²) in [5.74, 6) is 1.15. The molecule has 2 amide bonds. The molecule has 0 spiro atoms. The number of carbonyl (C=O) groups is 2. The highest BCUT2D eigenvalue weighted by Gasteiger charge is 2.24. The first-order valence-corrected chi connectivity index (χ1v) is 9.19. The van der Waals surface area contributed by atoms with Crippen LogP contribution in [-0.4, -0.2) is 66.1 Å².